The molecule has 0 aliphatic heterocycles. The number of nitrogens with one attached hydrogen (secondary N) is 2. The fraction of sp³-hybridized carbons (Fsp3) is 0.106. The van der Waals surface area contributed by atoms with Crippen molar-refractivity contribution in [1.82, 2.24) is 29.9 Å². The summed E-state index contributed by atoms with van der Waals surface area (Å²) in [5.41, 5.74) is 8.01. The van der Waals surface area contributed by atoms with Gasteiger partial charge in [0.2, 0.25) is 5.88 Å². The largest absolute Gasteiger partial charge is 1.00 e. The van der Waals surface area contributed by atoms with Gasteiger partial charge >= 0.3 is 29.6 Å². The summed E-state index contributed by atoms with van der Waals surface area (Å²) in [5.74, 6) is 2.17. The van der Waals surface area contributed by atoms with Gasteiger partial charge in [0.05, 0.1) is 31.6 Å². The smallest absolute Gasteiger partial charge is 0.851 e. The van der Waals surface area contributed by atoms with Crippen LogP contribution in [0.25, 0.3) is 44.6 Å². The summed E-state index contributed by atoms with van der Waals surface area (Å²) in [7, 11) is 3.30. The maximum Gasteiger partial charge on any atom is 1.00 e. The average Bonchev–Trinajstić information content (AvgIpc) is 3.96. The average molecular weight is 933 g/mol. The molecule has 0 saturated heterocycles. The number of nitrogens with zero attached hydrogens (tertiary/aromatic N) is 4. The van der Waals surface area contributed by atoms with Gasteiger partial charge < -0.3 is 34.4 Å². The molecule has 0 spiro atoms. The molecule has 0 unspecified atom stereocenters. The van der Waals surface area contributed by atoms with Crippen molar-refractivity contribution in [2.75, 3.05) is 14.2 Å². The molecule has 0 fully saturated rings. The van der Waals surface area contributed by atoms with E-state index >= 15 is 0 Å². The van der Waals surface area contributed by atoms with Crippen LogP contribution in [0.15, 0.2) is 146 Å². The Morgan fingerprint density at radius 2 is 1.02 bits per heavy atom. The minimum atomic E-state index is -0.194. The van der Waals surface area contributed by atoms with Gasteiger partial charge in [0.25, 0.3) is 0 Å². The van der Waals surface area contributed by atoms with Crippen LogP contribution < -0.4 is 48.9 Å². The first-order valence-electron chi connectivity index (χ1n) is 18.8. The number of benzene rings is 5. The molecule has 0 amide bonds. The van der Waals surface area contributed by atoms with E-state index in [0.29, 0.717) is 32.7 Å². The Kier molecular flexibility index (Phi) is 19.1. The predicted octanol–water partition coefficient (Wildman–Crippen LogP) is 8.19. The Labute approximate surface area is 406 Å². The van der Waals surface area contributed by atoms with Crippen LogP contribution in [0.4, 0.5) is 0 Å². The van der Waals surface area contributed by atoms with Gasteiger partial charge in [-0.2, -0.15) is 0 Å². The van der Waals surface area contributed by atoms with E-state index in [1.807, 2.05) is 97.1 Å². The number of rotatable bonds is 9. The molecule has 0 saturated carbocycles. The van der Waals surface area contributed by atoms with Gasteiger partial charge in [0.1, 0.15) is 47.2 Å². The molecule has 316 valence electrons. The summed E-state index contributed by atoms with van der Waals surface area (Å²) in [5, 5.41) is 22.9. The van der Waals surface area contributed by atoms with Gasteiger partial charge in [-0.1, -0.05) is 88.4 Å². The van der Waals surface area contributed by atoms with Crippen molar-refractivity contribution >= 4 is 68.5 Å². The minimum absolute atomic E-state index is 0. The Balaban J connectivity index is 0.000000174. The first kappa shape index (κ1) is 48.8. The zero-order chi connectivity index (χ0) is 43.8. The Bertz CT molecular complexity index is 2780. The van der Waals surface area contributed by atoms with Gasteiger partial charge in [-0.25, -0.2) is 19.9 Å². The van der Waals surface area contributed by atoms with E-state index in [0.717, 1.165) is 72.8 Å². The van der Waals surface area contributed by atoms with E-state index in [2.05, 4.69) is 29.9 Å². The number of halogens is 4. The molecule has 63 heavy (non-hydrogen) atoms. The number of hydrogen-bond donors (Lipinski definition) is 3. The fourth-order valence-corrected chi connectivity index (χ4v) is 6.66. The fourth-order valence-electron chi connectivity index (χ4n) is 5.83. The van der Waals surface area contributed by atoms with Gasteiger partial charge in [-0.3, -0.25) is 0 Å². The van der Waals surface area contributed by atoms with E-state index in [-0.39, 0.29) is 42.8 Å². The second kappa shape index (κ2) is 24.6. The van der Waals surface area contributed by atoms with Crippen molar-refractivity contribution in [1.29, 1.82) is 0 Å². The molecule has 5 aromatic carbocycles. The zero-order valence-corrected chi connectivity index (χ0v) is 39.4. The Morgan fingerprint density at radius 1 is 0.556 bits per heavy atom. The van der Waals surface area contributed by atoms with Crippen LogP contribution in [0.3, 0.4) is 0 Å². The van der Waals surface area contributed by atoms with Crippen LogP contribution in [0, 0.1) is 0 Å². The third kappa shape index (κ3) is 14.2. The number of ether oxygens (including phenoxy) is 3. The molecule has 0 radical (unpaired) electrons. The summed E-state index contributed by atoms with van der Waals surface area (Å²) in [6.07, 6.45) is 2.93. The van der Waals surface area contributed by atoms with Crippen LogP contribution in [-0.2, 0) is 19.8 Å². The van der Waals surface area contributed by atoms with Crippen LogP contribution in [0.5, 0.6) is 17.4 Å². The quantitative estimate of drug-likeness (QED) is 0.0961. The van der Waals surface area contributed by atoms with Gasteiger partial charge in [-0.05, 0) is 119 Å². The van der Waals surface area contributed by atoms with Crippen LogP contribution in [0.2, 0.25) is 20.2 Å². The molecule has 0 aliphatic carbocycles. The van der Waals surface area contributed by atoms with E-state index in [1.165, 1.54) is 12.7 Å². The van der Waals surface area contributed by atoms with Crippen molar-refractivity contribution in [2.45, 2.75) is 19.8 Å². The van der Waals surface area contributed by atoms with Crippen molar-refractivity contribution in [3.63, 3.8) is 0 Å². The summed E-state index contributed by atoms with van der Waals surface area (Å²) in [6.45, 7) is 0.247. The Hall–Kier alpha value is -5.18. The van der Waals surface area contributed by atoms with E-state index in [4.69, 9.17) is 65.7 Å². The van der Waals surface area contributed by atoms with Crippen molar-refractivity contribution in [2.24, 2.45) is 0 Å². The van der Waals surface area contributed by atoms with E-state index in [1.54, 1.807) is 50.6 Å². The molecule has 4 aromatic heterocycles. The normalized spacial score (nSPS) is 10.3. The topological polar surface area (TPSA) is 154 Å². The molecule has 4 heterocycles. The third-order valence-electron chi connectivity index (χ3n) is 8.96. The molecule has 3 N–H and O–H groups in total. The summed E-state index contributed by atoms with van der Waals surface area (Å²) >= 11 is 23.2. The summed E-state index contributed by atoms with van der Waals surface area (Å²) in [6, 6.07) is 41.2. The number of fused-ring (bicyclic) bond motifs is 2. The summed E-state index contributed by atoms with van der Waals surface area (Å²) in [4.78, 5) is 23.2. The molecular formula is C47H39Cl4N6NaO5. The molecular weight excluding hydrogens is 893 g/mol. The minimum Gasteiger partial charge on any atom is -0.851 e. The second-order valence-corrected chi connectivity index (χ2v) is 14.8. The molecule has 0 atom stereocenters. The van der Waals surface area contributed by atoms with Crippen LogP contribution in [-0.4, -0.2) is 49.2 Å². The van der Waals surface area contributed by atoms with Gasteiger partial charge in [-0.15, -0.1) is 6.61 Å². The first-order chi connectivity index (χ1) is 30.2. The second-order valence-electron chi connectivity index (χ2n) is 13.2. The van der Waals surface area contributed by atoms with Crippen LogP contribution >= 0.6 is 46.4 Å². The number of aromatic amines is 2. The van der Waals surface area contributed by atoms with Gasteiger partial charge in [0, 0.05) is 26.5 Å². The molecule has 11 nitrogen and oxygen atoms in total. The van der Waals surface area contributed by atoms with Gasteiger partial charge in [0.15, 0.2) is 0 Å². The maximum absolute atomic E-state index is 10.2. The van der Waals surface area contributed by atoms with Crippen molar-refractivity contribution in [3.05, 3.63) is 183 Å². The number of H-pyrrole nitrogens is 2. The van der Waals surface area contributed by atoms with E-state index < -0.39 is 0 Å². The number of aromatic nitrogens is 6. The molecule has 16 heteroatoms. The molecule has 9 rings (SSSR count). The SMILES string of the molecule is COc1ccc(-c2cc3c(Cl)ncnc3[nH]2)cc1.COc1ccc(-c2cc3c(OCc4cccc(Cl)c4)ncnc3[nH]2)cc1.OCc1cccc(Cl)c1.[Na+].[O-]Cc1cccc(Cl)c1. The predicted molar refractivity (Wildman–Crippen MR) is 245 cm³/mol. The number of aliphatic hydroxyl groups is 1. The summed E-state index contributed by atoms with van der Waals surface area (Å²) < 4.78 is 16.2. The van der Waals surface area contributed by atoms with Crippen molar-refractivity contribution in [3.8, 4) is 39.9 Å². The van der Waals surface area contributed by atoms with E-state index in [9.17, 15) is 5.11 Å². The number of methoxy groups -OCH3 is 2. The van der Waals surface area contributed by atoms with Crippen molar-refractivity contribution < 1.29 is 54.0 Å². The maximum atomic E-state index is 10.2. The number of aliphatic hydroxyl groups excluding tert-OH is 1. The monoisotopic (exact) mass is 930 g/mol. The molecule has 0 bridgehead atoms. The van der Waals surface area contributed by atoms with Crippen LogP contribution in [0.1, 0.15) is 16.7 Å². The number of hydrogen-bond acceptors (Lipinski definition) is 9. The molecule has 9 aromatic rings. The first-order valence-corrected chi connectivity index (χ1v) is 20.3. The zero-order valence-electron chi connectivity index (χ0n) is 34.4. The Morgan fingerprint density at radius 3 is 1.48 bits per heavy atom. The standard InChI is InChI=1S/C20H16ClN3O2.C13H10ClN3O.C7H7ClO.C7H6ClO.Na/c1-25-16-7-5-14(6-8-16)18-10-17-19(24-18)22-12-23-20(17)26-11-13-3-2-4-15(21)9-13;1-18-9-4-2-8(3-5-9)11-6-10-12(14)15-7-16-13(10)17-11;2*8-7-3-1-2-6(4-7)5-9;/h2-10,12H,11H2,1H3,(H,22,23,24);2-7H,1H3,(H,15,16,17);1-4,9H,5H2;1-4H,5H2;/q;;;-1;+1. The third-order valence-corrected chi connectivity index (χ3v) is 9.97. The molecule has 0 aliphatic rings.